The maximum absolute atomic E-state index is 11.8. The van der Waals surface area contributed by atoms with Crippen molar-refractivity contribution in [2.45, 2.75) is 20.3 Å². The number of nitrogens with one attached hydrogen (secondary N) is 1. The molecular weight excluding hydrogens is 355 g/mol. The van der Waals surface area contributed by atoms with Crippen LogP contribution in [0.5, 0.6) is 5.75 Å². The van der Waals surface area contributed by atoms with Crippen LogP contribution in [0.3, 0.4) is 0 Å². The van der Waals surface area contributed by atoms with Crippen molar-refractivity contribution >= 4 is 22.6 Å². The molecule has 4 nitrogen and oxygen atoms in total. The number of hydrogen-bond acceptors (Lipinski definition) is 3. The van der Waals surface area contributed by atoms with Gasteiger partial charge in [0, 0.05) is 5.56 Å². The standard InChI is InChI=1S/C14H15IN2O2/c1-3-11-12(15)14(18)17-13(16-11)9-5-7-10(8-6-9)19-4-2/h5-8H,3-4H2,1-2H3,(H,16,17,18). The zero-order valence-corrected chi connectivity index (χ0v) is 13.0. The van der Waals surface area contributed by atoms with E-state index >= 15 is 0 Å². The second-order valence-electron chi connectivity index (χ2n) is 3.99. The molecule has 1 N–H and O–H groups in total. The molecule has 19 heavy (non-hydrogen) atoms. The third-order valence-corrected chi connectivity index (χ3v) is 3.82. The van der Waals surface area contributed by atoms with E-state index in [1.54, 1.807) is 0 Å². The number of aromatic nitrogens is 2. The van der Waals surface area contributed by atoms with E-state index in [2.05, 4.69) is 9.97 Å². The molecule has 5 heteroatoms. The van der Waals surface area contributed by atoms with E-state index in [1.807, 2.05) is 60.7 Å². The third kappa shape index (κ3) is 3.15. The van der Waals surface area contributed by atoms with Crippen LogP contribution in [0.1, 0.15) is 19.5 Å². The monoisotopic (exact) mass is 370 g/mol. The molecule has 0 saturated heterocycles. The topological polar surface area (TPSA) is 55.0 Å². The van der Waals surface area contributed by atoms with E-state index in [4.69, 9.17) is 4.74 Å². The van der Waals surface area contributed by atoms with Crippen molar-refractivity contribution in [2.24, 2.45) is 0 Å². The SMILES string of the molecule is CCOc1ccc(-c2nc(CC)c(I)c(=O)[nH]2)cc1. The van der Waals surface area contributed by atoms with Crippen LogP contribution < -0.4 is 10.3 Å². The van der Waals surface area contributed by atoms with Gasteiger partial charge in [-0.05, 0) is 60.2 Å². The van der Waals surface area contributed by atoms with Gasteiger partial charge in [0.2, 0.25) is 0 Å². The summed E-state index contributed by atoms with van der Waals surface area (Å²) in [7, 11) is 0. The average molecular weight is 370 g/mol. The van der Waals surface area contributed by atoms with Gasteiger partial charge < -0.3 is 9.72 Å². The molecule has 0 aliphatic rings. The summed E-state index contributed by atoms with van der Waals surface area (Å²) < 4.78 is 6.05. The van der Waals surface area contributed by atoms with Crippen molar-refractivity contribution in [3.63, 3.8) is 0 Å². The maximum Gasteiger partial charge on any atom is 0.264 e. The van der Waals surface area contributed by atoms with E-state index in [-0.39, 0.29) is 5.56 Å². The Balaban J connectivity index is 2.41. The molecule has 2 rings (SSSR count). The predicted molar refractivity (Wildman–Crippen MR) is 83.6 cm³/mol. The van der Waals surface area contributed by atoms with Crippen molar-refractivity contribution < 1.29 is 4.74 Å². The fraction of sp³-hybridized carbons (Fsp3) is 0.286. The summed E-state index contributed by atoms with van der Waals surface area (Å²) in [5.74, 6) is 1.42. The average Bonchev–Trinajstić information content (AvgIpc) is 2.43. The molecule has 0 radical (unpaired) electrons. The third-order valence-electron chi connectivity index (χ3n) is 2.71. The summed E-state index contributed by atoms with van der Waals surface area (Å²) in [6.07, 6.45) is 0.742. The molecule has 0 amide bonds. The Morgan fingerprint density at radius 3 is 2.53 bits per heavy atom. The van der Waals surface area contributed by atoms with Gasteiger partial charge >= 0.3 is 0 Å². The Bertz CT molecular complexity index is 620. The summed E-state index contributed by atoms with van der Waals surface area (Å²) in [5.41, 5.74) is 1.62. The van der Waals surface area contributed by atoms with E-state index in [9.17, 15) is 4.79 Å². The van der Waals surface area contributed by atoms with Gasteiger partial charge in [-0.25, -0.2) is 4.98 Å². The van der Waals surface area contributed by atoms with Crippen LogP contribution in [-0.2, 0) is 6.42 Å². The zero-order valence-electron chi connectivity index (χ0n) is 10.9. The number of hydrogen-bond donors (Lipinski definition) is 1. The molecule has 0 unspecified atom stereocenters. The molecule has 0 aliphatic heterocycles. The van der Waals surface area contributed by atoms with Crippen LogP contribution in [0.4, 0.5) is 0 Å². The number of halogens is 1. The van der Waals surface area contributed by atoms with Crippen molar-refractivity contribution in [1.29, 1.82) is 0 Å². The maximum atomic E-state index is 11.8. The summed E-state index contributed by atoms with van der Waals surface area (Å²) in [6.45, 7) is 4.57. The van der Waals surface area contributed by atoms with Gasteiger partial charge in [0.25, 0.3) is 5.56 Å². The molecule has 1 aromatic carbocycles. The van der Waals surface area contributed by atoms with Crippen LogP contribution in [0.2, 0.25) is 0 Å². The second-order valence-corrected chi connectivity index (χ2v) is 5.06. The minimum absolute atomic E-state index is 0.0867. The molecule has 0 saturated carbocycles. The molecule has 100 valence electrons. The van der Waals surface area contributed by atoms with Gasteiger partial charge in [-0.1, -0.05) is 6.92 Å². The molecule has 0 fully saturated rings. The first-order chi connectivity index (χ1) is 9.15. The second kappa shape index (κ2) is 6.18. The van der Waals surface area contributed by atoms with Gasteiger partial charge in [-0.15, -0.1) is 0 Å². The fourth-order valence-corrected chi connectivity index (χ4v) is 2.39. The summed E-state index contributed by atoms with van der Waals surface area (Å²) in [4.78, 5) is 19.1. The number of benzene rings is 1. The largest absolute Gasteiger partial charge is 0.494 e. The number of aromatic amines is 1. The summed E-state index contributed by atoms with van der Waals surface area (Å²) in [5, 5.41) is 0. The lowest BCUT2D eigenvalue weighted by molar-refractivity contribution is 0.340. The van der Waals surface area contributed by atoms with Crippen molar-refractivity contribution in [3.8, 4) is 17.1 Å². The van der Waals surface area contributed by atoms with Crippen molar-refractivity contribution in [2.75, 3.05) is 6.61 Å². The van der Waals surface area contributed by atoms with Gasteiger partial charge in [-0.3, -0.25) is 4.79 Å². The number of H-pyrrole nitrogens is 1. The van der Waals surface area contributed by atoms with Crippen LogP contribution in [0, 0.1) is 3.57 Å². The number of ether oxygens (including phenoxy) is 1. The minimum atomic E-state index is -0.0867. The lowest BCUT2D eigenvalue weighted by Gasteiger charge is -2.07. The zero-order chi connectivity index (χ0) is 13.8. The fourth-order valence-electron chi connectivity index (χ4n) is 1.75. The van der Waals surface area contributed by atoms with E-state index in [0.717, 1.165) is 23.4 Å². The van der Waals surface area contributed by atoms with Gasteiger partial charge in [0.05, 0.1) is 15.9 Å². The molecule has 0 bridgehead atoms. The lowest BCUT2D eigenvalue weighted by Crippen LogP contribution is -2.15. The smallest absolute Gasteiger partial charge is 0.264 e. The molecule has 0 spiro atoms. The lowest BCUT2D eigenvalue weighted by atomic mass is 10.2. The summed E-state index contributed by atoms with van der Waals surface area (Å²) in [6, 6.07) is 7.55. The molecule has 1 heterocycles. The first kappa shape index (κ1) is 14.0. The molecular formula is C14H15IN2O2. The van der Waals surface area contributed by atoms with Gasteiger partial charge in [0.1, 0.15) is 11.6 Å². The van der Waals surface area contributed by atoms with E-state index < -0.39 is 0 Å². The van der Waals surface area contributed by atoms with Crippen LogP contribution in [0.25, 0.3) is 11.4 Å². The molecule has 0 aliphatic carbocycles. The van der Waals surface area contributed by atoms with Gasteiger partial charge in [-0.2, -0.15) is 0 Å². The number of rotatable bonds is 4. The Kier molecular flexibility index (Phi) is 4.57. The van der Waals surface area contributed by atoms with Crippen LogP contribution in [0.15, 0.2) is 29.1 Å². The highest BCUT2D eigenvalue weighted by atomic mass is 127. The highest BCUT2D eigenvalue weighted by Crippen LogP contribution is 2.19. The van der Waals surface area contributed by atoms with Crippen molar-refractivity contribution in [3.05, 3.63) is 43.9 Å². The van der Waals surface area contributed by atoms with Crippen LogP contribution in [-0.4, -0.2) is 16.6 Å². The number of aryl methyl sites for hydroxylation is 1. The highest BCUT2D eigenvalue weighted by molar-refractivity contribution is 14.1. The predicted octanol–water partition coefficient (Wildman–Crippen LogP) is 3.00. The Morgan fingerprint density at radius 2 is 1.95 bits per heavy atom. The Labute approximate surface area is 125 Å². The Hall–Kier alpha value is -1.37. The highest BCUT2D eigenvalue weighted by Gasteiger charge is 2.08. The normalized spacial score (nSPS) is 10.5. The molecule has 1 aromatic heterocycles. The van der Waals surface area contributed by atoms with Gasteiger partial charge in [0.15, 0.2) is 0 Å². The Morgan fingerprint density at radius 1 is 1.26 bits per heavy atom. The number of nitrogens with zero attached hydrogens (tertiary/aromatic N) is 1. The van der Waals surface area contributed by atoms with Crippen LogP contribution >= 0.6 is 22.6 Å². The minimum Gasteiger partial charge on any atom is -0.494 e. The van der Waals surface area contributed by atoms with E-state index in [0.29, 0.717) is 16.0 Å². The summed E-state index contributed by atoms with van der Waals surface area (Å²) >= 11 is 2.03. The first-order valence-corrected chi connectivity index (χ1v) is 7.25. The quantitative estimate of drug-likeness (QED) is 0.842. The first-order valence-electron chi connectivity index (χ1n) is 6.17. The molecule has 2 aromatic rings. The van der Waals surface area contributed by atoms with E-state index in [1.165, 1.54) is 0 Å². The van der Waals surface area contributed by atoms with Crippen molar-refractivity contribution in [1.82, 2.24) is 9.97 Å². The molecule has 0 atom stereocenters.